The molecule has 94 valence electrons. The normalized spacial score (nSPS) is 13.0. The third-order valence-electron chi connectivity index (χ3n) is 3.42. The molecule has 0 atom stereocenters. The predicted molar refractivity (Wildman–Crippen MR) is 78.2 cm³/mol. The van der Waals surface area contributed by atoms with Crippen LogP contribution in [0.2, 0.25) is 0 Å². The first-order valence-corrected chi connectivity index (χ1v) is 7.17. The highest BCUT2D eigenvalue weighted by molar-refractivity contribution is 7.99. The van der Waals surface area contributed by atoms with Crippen LogP contribution in [-0.4, -0.2) is 0 Å². The van der Waals surface area contributed by atoms with Gasteiger partial charge in [0.15, 0.2) is 0 Å². The van der Waals surface area contributed by atoms with Gasteiger partial charge in [-0.1, -0.05) is 17.8 Å². The van der Waals surface area contributed by atoms with Crippen molar-refractivity contribution >= 4 is 17.4 Å². The first-order valence-electron chi connectivity index (χ1n) is 6.35. The van der Waals surface area contributed by atoms with Crippen LogP contribution in [0.25, 0.3) is 0 Å². The smallest absolute Gasteiger partial charge is 0.100 e. The Balaban J connectivity index is 1.92. The molecule has 0 heterocycles. The van der Waals surface area contributed by atoms with Crippen LogP contribution in [-0.2, 0) is 12.8 Å². The summed E-state index contributed by atoms with van der Waals surface area (Å²) in [6, 6.07) is 14.3. The minimum Gasteiger partial charge on any atom is -0.399 e. The molecule has 0 fully saturated rings. The molecule has 0 bridgehead atoms. The van der Waals surface area contributed by atoms with E-state index in [0.717, 1.165) is 4.90 Å². The van der Waals surface area contributed by atoms with Gasteiger partial charge in [-0.15, -0.1) is 0 Å². The topological polar surface area (TPSA) is 49.8 Å². The van der Waals surface area contributed by atoms with Crippen molar-refractivity contribution < 1.29 is 0 Å². The molecule has 0 aromatic heterocycles. The maximum atomic E-state index is 9.16. The first-order chi connectivity index (χ1) is 9.26. The Bertz CT molecular complexity index is 671. The van der Waals surface area contributed by atoms with Gasteiger partial charge in [-0.25, -0.2) is 0 Å². The monoisotopic (exact) mass is 266 g/mol. The molecule has 19 heavy (non-hydrogen) atoms. The van der Waals surface area contributed by atoms with Gasteiger partial charge in [0.2, 0.25) is 0 Å². The molecule has 0 amide bonds. The fourth-order valence-electron chi connectivity index (χ4n) is 2.46. The van der Waals surface area contributed by atoms with Crippen molar-refractivity contribution in [3.8, 4) is 6.07 Å². The summed E-state index contributed by atoms with van der Waals surface area (Å²) in [5, 5.41) is 9.16. The number of nitrogens with zero attached hydrogens (tertiary/aromatic N) is 1. The molecule has 3 heteroatoms. The number of aryl methyl sites for hydroxylation is 2. The number of hydrogen-bond donors (Lipinski definition) is 1. The van der Waals surface area contributed by atoms with Crippen LogP contribution >= 0.6 is 11.8 Å². The molecule has 0 saturated carbocycles. The second-order valence-electron chi connectivity index (χ2n) is 4.75. The van der Waals surface area contributed by atoms with Gasteiger partial charge >= 0.3 is 0 Å². The Labute approximate surface area is 117 Å². The van der Waals surface area contributed by atoms with Crippen molar-refractivity contribution in [1.82, 2.24) is 0 Å². The molecule has 2 N–H and O–H groups in total. The van der Waals surface area contributed by atoms with Gasteiger partial charge in [-0.05, 0) is 60.7 Å². The van der Waals surface area contributed by atoms with Crippen LogP contribution in [0.15, 0.2) is 46.2 Å². The second kappa shape index (κ2) is 4.99. The molecule has 0 unspecified atom stereocenters. The molecule has 3 rings (SSSR count). The number of benzene rings is 2. The number of rotatable bonds is 2. The van der Waals surface area contributed by atoms with Gasteiger partial charge in [-0.3, -0.25) is 0 Å². The maximum absolute atomic E-state index is 9.16. The molecule has 0 radical (unpaired) electrons. The third kappa shape index (κ3) is 2.45. The van der Waals surface area contributed by atoms with Crippen molar-refractivity contribution in [3.05, 3.63) is 53.1 Å². The number of nitrogens with two attached hydrogens (primary N) is 1. The van der Waals surface area contributed by atoms with Crippen LogP contribution in [0.5, 0.6) is 0 Å². The van der Waals surface area contributed by atoms with Gasteiger partial charge < -0.3 is 5.73 Å². The zero-order chi connectivity index (χ0) is 13.2. The van der Waals surface area contributed by atoms with Crippen LogP contribution in [0.4, 0.5) is 5.69 Å². The Kier molecular flexibility index (Phi) is 3.18. The highest BCUT2D eigenvalue weighted by atomic mass is 32.2. The van der Waals surface area contributed by atoms with E-state index in [-0.39, 0.29) is 0 Å². The Hall–Kier alpha value is -1.92. The molecular formula is C16H14N2S. The molecule has 1 aliphatic carbocycles. The van der Waals surface area contributed by atoms with Gasteiger partial charge in [0, 0.05) is 15.5 Å². The average Bonchev–Trinajstić information content (AvgIpc) is 2.88. The summed E-state index contributed by atoms with van der Waals surface area (Å²) in [5.74, 6) is 0. The van der Waals surface area contributed by atoms with Crippen molar-refractivity contribution in [3.63, 3.8) is 0 Å². The van der Waals surface area contributed by atoms with E-state index >= 15 is 0 Å². The Morgan fingerprint density at radius 2 is 1.89 bits per heavy atom. The van der Waals surface area contributed by atoms with Gasteiger partial charge in [0.1, 0.15) is 6.07 Å². The number of fused-ring (bicyclic) bond motifs is 1. The molecule has 2 aromatic rings. The summed E-state index contributed by atoms with van der Waals surface area (Å²) in [7, 11) is 0. The molecule has 0 saturated heterocycles. The minimum absolute atomic E-state index is 0.634. The minimum atomic E-state index is 0.634. The van der Waals surface area contributed by atoms with Crippen molar-refractivity contribution in [2.24, 2.45) is 0 Å². The van der Waals surface area contributed by atoms with Gasteiger partial charge in [0.05, 0.1) is 5.56 Å². The maximum Gasteiger partial charge on any atom is 0.100 e. The molecule has 0 aliphatic heterocycles. The number of hydrogen-bond acceptors (Lipinski definition) is 3. The zero-order valence-electron chi connectivity index (χ0n) is 10.5. The average molecular weight is 266 g/mol. The largest absolute Gasteiger partial charge is 0.399 e. The summed E-state index contributed by atoms with van der Waals surface area (Å²) >= 11 is 1.64. The Morgan fingerprint density at radius 3 is 2.74 bits per heavy atom. The van der Waals surface area contributed by atoms with Crippen molar-refractivity contribution in [1.29, 1.82) is 5.26 Å². The summed E-state index contributed by atoms with van der Waals surface area (Å²) in [4.78, 5) is 2.16. The van der Waals surface area contributed by atoms with Crippen molar-refractivity contribution in [2.75, 3.05) is 5.73 Å². The summed E-state index contributed by atoms with van der Waals surface area (Å²) < 4.78 is 0. The third-order valence-corrected chi connectivity index (χ3v) is 4.49. The van der Waals surface area contributed by atoms with Gasteiger partial charge in [0.25, 0.3) is 0 Å². The lowest BCUT2D eigenvalue weighted by molar-refractivity contribution is 0.911. The van der Waals surface area contributed by atoms with Crippen LogP contribution < -0.4 is 5.73 Å². The lowest BCUT2D eigenvalue weighted by Gasteiger charge is -2.07. The fraction of sp³-hybridized carbons (Fsp3) is 0.188. The number of nitriles is 1. The van der Waals surface area contributed by atoms with E-state index in [0.29, 0.717) is 11.3 Å². The first kappa shape index (κ1) is 12.1. The van der Waals surface area contributed by atoms with Crippen LogP contribution in [0.3, 0.4) is 0 Å². The highest BCUT2D eigenvalue weighted by Gasteiger charge is 2.12. The summed E-state index contributed by atoms with van der Waals surface area (Å²) in [6.07, 6.45) is 3.64. The fourth-order valence-corrected chi connectivity index (χ4v) is 3.40. The Morgan fingerprint density at radius 1 is 1.05 bits per heavy atom. The molecular weight excluding hydrogens is 252 g/mol. The van der Waals surface area contributed by atoms with E-state index in [1.807, 2.05) is 12.1 Å². The highest BCUT2D eigenvalue weighted by Crippen LogP contribution is 2.34. The zero-order valence-corrected chi connectivity index (χ0v) is 11.3. The standard InChI is InChI=1S/C16H14N2S/c17-10-13-8-14(18)5-7-16(13)19-15-6-4-11-2-1-3-12(11)9-15/h4-9H,1-3,18H2. The molecule has 0 spiro atoms. The van der Waals surface area contributed by atoms with E-state index in [1.54, 1.807) is 17.8 Å². The number of nitrogen functional groups attached to an aromatic ring is 1. The van der Waals surface area contributed by atoms with Crippen LogP contribution in [0.1, 0.15) is 23.1 Å². The predicted octanol–water partition coefficient (Wildman–Crippen LogP) is 3.78. The van der Waals surface area contributed by atoms with Crippen LogP contribution in [0, 0.1) is 11.3 Å². The quantitative estimate of drug-likeness (QED) is 0.841. The lowest BCUT2D eigenvalue weighted by Crippen LogP contribution is -1.88. The van der Waals surface area contributed by atoms with Crippen molar-refractivity contribution in [2.45, 2.75) is 29.1 Å². The molecule has 2 aromatic carbocycles. The van der Waals surface area contributed by atoms with E-state index in [1.165, 1.54) is 35.3 Å². The second-order valence-corrected chi connectivity index (χ2v) is 5.87. The van der Waals surface area contributed by atoms with Gasteiger partial charge in [-0.2, -0.15) is 5.26 Å². The van der Waals surface area contributed by atoms with E-state index in [4.69, 9.17) is 11.0 Å². The lowest BCUT2D eigenvalue weighted by atomic mass is 10.1. The molecule has 2 nitrogen and oxygen atoms in total. The van der Waals surface area contributed by atoms with E-state index in [9.17, 15) is 0 Å². The molecule has 1 aliphatic rings. The number of anilines is 1. The summed E-state index contributed by atoms with van der Waals surface area (Å²) in [5.41, 5.74) is 9.92. The summed E-state index contributed by atoms with van der Waals surface area (Å²) in [6.45, 7) is 0. The SMILES string of the molecule is N#Cc1cc(N)ccc1Sc1ccc2c(c1)CCC2. The van der Waals surface area contributed by atoms with E-state index < -0.39 is 0 Å². The van der Waals surface area contributed by atoms with E-state index in [2.05, 4.69) is 24.3 Å².